The minimum absolute atomic E-state index is 0.107. The fraction of sp³-hybridized carbons (Fsp3) is 0.412. The molecule has 120 valence electrons. The summed E-state index contributed by atoms with van der Waals surface area (Å²) in [5.74, 6) is 1.20. The Bertz CT molecular complexity index is 739. The van der Waals surface area contributed by atoms with Gasteiger partial charge in [-0.2, -0.15) is 5.10 Å². The van der Waals surface area contributed by atoms with Gasteiger partial charge in [0.05, 0.1) is 12.7 Å². The predicted octanol–water partition coefficient (Wildman–Crippen LogP) is 1.92. The van der Waals surface area contributed by atoms with E-state index in [-0.39, 0.29) is 12.7 Å². The van der Waals surface area contributed by atoms with Crippen LogP contribution in [0.25, 0.3) is 0 Å². The van der Waals surface area contributed by atoms with E-state index in [1.807, 2.05) is 10.9 Å². The molecule has 0 fully saturated rings. The second-order valence-corrected chi connectivity index (χ2v) is 5.87. The zero-order valence-corrected chi connectivity index (χ0v) is 12.9. The minimum Gasteiger partial charge on any atom is -0.454 e. The highest BCUT2D eigenvalue weighted by Gasteiger charge is 2.17. The summed E-state index contributed by atoms with van der Waals surface area (Å²) in [6.07, 6.45) is 6.65. The molecule has 0 spiro atoms. The fourth-order valence-electron chi connectivity index (χ4n) is 3.16. The van der Waals surface area contributed by atoms with E-state index in [0.29, 0.717) is 30.2 Å². The van der Waals surface area contributed by atoms with E-state index in [0.717, 1.165) is 12.8 Å². The van der Waals surface area contributed by atoms with Crippen LogP contribution in [0, 0.1) is 0 Å². The molecule has 0 atom stereocenters. The van der Waals surface area contributed by atoms with Crippen LogP contribution in [0.15, 0.2) is 24.4 Å². The third-order valence-electron chi connectivity index (χ3n) is 4.39. The number of rotatable bonds is 4. The van der Waals surface area contributed by atoms with Gasteiger partial charge in [0.2, 0.25) is 6.79 Å². The number of hydrogen-bond acceptors (Lipinski definition) is 4. The fourth-order valence-corrected chi connectivity index (χ4v) is 3.16. The van der Waals surface area contributed by atoms with Crippen LogP contribution in [0.3, 0.4) is 0 Å². The van der Waals surface area contributed by atoms with E-state index in [4.69, 9.17) is 9.47 Å². The Kier molecular flexibility index (Phi) is 3.65. The second-order valence-electron chi connectivity index (χ2n) is 5.87. The van der Waals surface area contributed by atoms with E-state index < -0.39 is 0 Å². The maximum absolute atomic E-state index is 12.2. The summed E-state index contributed by atoms with van der Waals surface area (Å²) in [6.45, 7) is 1.47. The first kappa shape index (κ1) is 14.1. The van der Waals surface area contributed by atoms with E-state index in [2.05, 4.69) is 10.4 Å². The number of hydrogen-bond donors (Lipinski definition) is 1. The van der Waals surface area contributed by atoms with Crippen molar-refractivity contribution in [2.24, 2.45) is 0 Å². The van der Waals surface area contributed by atoms with Crippen molar-refractivity contribution in [3.05, 3.63) is 41.2 Å². The van der Waals surface area contributed by atoms with Crippen molar-refractivity contribution in [1.29, 1.82) is 0 Å². The maximum Gasteiger partial charge on any atom is 0.251 e. The molecular weight excluding hydrogens is 294 g/mol. The number of nitrogens with zero attached hydrogens (tertiary/aromatic N) is 2. The molecule has 1 amide bonds. The molecule has 1 aliphatic heterocycles. The second kappa shape index (κ2) is 5.95. The lowest BCUT2D eigenvalue weighted by molar-refractivity contribution is 0.0951. The van der Waals surface area contributed by atoms with Crippen molar-refractivity contribution in [3.8, 4) is 11.5 Å². The van der Waals surface area contributed by atoms with Crippen molar-refractivity contribution in [2.75, 3.05) is 13.3 Å². The molecular formula is C17H19N3O3. The van der Waals surface area contributed by atoms with Gasteiger partial charge >= 0.3 is 0 Å². The Morgan fingerprint density at radius 1 is 1.22 bits per heavy atom. The zero-order chi connectivity index (χ0) is 15.6. The lowest BCUT2D eigenvalue weighted by Gasteiger charge is -2.14. The van der Waals surface area contributed by atoms with Crippen molar-refractivity contribution in [2.45, 2.75) is 32.2 Å². The molecule has 2 aliphatic rings. The van der Waals surface area contributed by atoms with Crippen LogP contribution < -0.4 is 14.8 Å². The Labute approximate surface area is 134 Å². The number of carbonyl (C=O) groups is 1. The number of nitrogens with one attached hydrogen (secondary N) is 1. The molecule has 6 nitrogen and oxygen atoms in total. The number of aryl methyl sites for hydroxylation is 1. The molecule has 23 heavy (non-hydrogen) atoms. The average Bonchev–Trinajstić information content (AvgIpc) is 3.21. The third-order valence-corrected chi connectivity index (χ3v) is 4.39. The molecule has 0 unspecified atom stereocenters. The monoisotopic (exact) mass is 313 g/mol. The molecule has 1 aliphatic carbocycles. The molecule has 0 bridgehead atoms. The van der Waals surface area contributed by atoms with Gasteiger partial charge in [0, 0.05) is 17.8 Å². The van der Waals surface area contributed by atoms with Gasteiger partial charge in [0.25, 0.3) is 5.91 Å². The number of carbonyl (C=O) groups excluding carboxylic acids is 1. The minimum atomic E-state index is -0.107. The summed E-state index contributed by atoms with van der Waals surface area (Å²) in [5.41, 5.74) is 3.27. The zero-order valence-electron chi connectivity index (χ0n) is 12.9. The summed E-state index contributed by atoms with van der Waals surface area (Å²) >= 11 is 0. The van der Waals surface area contributed by atoms with E-state index in [9.17, 15) is 4.79 Å². The van der Waals surface area contributed by atoms with Gasteiger partial charge in [-0.25, -0.2) is 0 Å². The first-order valence-electron chi connectivity index (χ1n) is 8.03. The van der Waals surface area contributed by atoms with E-state index >= 15 is 0 Å². The average molecular weight is 313 g/mol. The highest BCUT2D eigenvalue weighted by molar-refractivity contribution is 5.94. The van der Waals surface area contributed by atoms with Gasteiger partial charge in [-0.3, -0.25) is 9.48 Å². The molecule has 0 saturated heterocycles. The summed E-state index contributed by atoms with van der Waals surface area (Å²) in [6, 6.07) is 5.23. The summed E-state index contributed by atoms with van der Waals surface area (Å²) in [7, 11) is 0. The molecule has 6 heteroatoms. The van der Waals surface area contributed by atoms with Crippen LogP contribution in [0.1, 0.15) is 34.5 Å². The molecule has 1 aromatic heterocycles. The molecule has 1 N–H and O–H groups in total. The highest BCUT2D eigenvalue weighted by Crippen LogP contribution is 2.32. The van der Waals surface area contributed by atoms with Gasteiger partial charge in [-0.05, 0) is 49.4 Å². The van der Waals surface area contributed by atoms with Gasteiger partial charge in [-0.15, -0.1) is 0 Å². The molecule has 0 radical (unpaired) electrons. The first-order chi connectivity index (χ1) is 11.3. The first-order valence-corrected chi connectivity index (χ1v) is 8.03. The number of benzene rings is 1. The Morgan fingerprint density at radius 2 is 2.09 bits per heavy atom. The Balaban J connectivity index is 1.36. The molecule has 0 saturated carbocycles. The maximum atomic E-state index is 12.2. The lowest BCUT2D eigenvalue weighted by atomic mass is 9.98. The summed E-state index contributed by atoms with van der Waals surface area (Å²) in [5, 5.41) is 7.38. The lowest BCUT2D eigenvalue weighted by Crippen LogP contribution is -2.28. The molecule has 4 rings (SSSR count). The van der Waals surface area contributed by atoms with Crippen LogP contribution in [-0.2, 0) is 19.4 Å². The van der Waals surface area contributed by atoms with Crippen LogP contribution in [0.2, 0.25) is 0 Å². The summed E-state index contributed by atoms with van der Waals surface area (Å²) in [4.78, 5) is 12.2. The standard InChI is InChI=1S/C17H19N3O3/c21-17(12-5-6-15-16(9-12)23-11-22-15)18-7-8-20-14-4-2-1-3-13(14)10-19-20/h5-6,9-10H,1-4,7-8,11H2,(H,18,21). The number of aromatic nitrogens is 2. The summed E-state index contributed by atoms with van der Waals surface area (Å²) < 4.78 is 12.6. The number of ether oxygens (including phenoxy) is 2. The van der Waals surface area contributed by atoms with Gasteiger partial charge in [0.15, 0.2) is 11.5 Å². The molecule has 2 heterocycles. The smallest absolute Gasteiger partial charge is 0.251 e. The quantitative estimate of drug-likeness (QED) is 0.936. The third kappa shape index (κ3) is 2.76. The van der Waals surface area contributed by atoms with E-state index in [1.165, 1.54) is 24.1 Å². The van der Waals surface area contributed by atoms with Gasteiger partial charge in [-0.1, -0.05) is 0 Å². The van der Waals surface area contributed by atoms with Gasteiger partial charge < -0.3 is 14.8 Å². The van der Waals surface area contributed by atoms with Gasteiger partial charge in [0.1, 0.15) is 0 Å². The van der Waals surface area contributed by atoms with E-state index in [1.54, 1.807) is 18.2 Å². The largest absolute Gasteiger partial charge is 0.454 e. The van der Waals surface area contributed by atoms with Crippen molar-refractivity contribution >= 4 is 5.91 Å². The number of amides is 1. The molecule has 1 aromatic carbocycles. The van der Waals surface area contributed by atoms with Crippen molar-refractivity contribution < 1.29 is 14.3 Å². The highest BCUT2D eigenvalue weighted by atomic mass is 16.7. The number of fused-ring (bicyclic) bond motifs is 2. The molecule has 2 aromatic rings. The Morgan fingerprint density at radius 3 is 3.04 bits per heavy atom. The van der Waals surface area contributed by atoms with Crippen molar-refractivity contribution in [1.82, 2.24) is 15.1 Å². The van der Waals surface area contributed by atoms with Crippen LogP contribution in [0.5, 0.6) is 11.5 Å². The normalized spacial score (nSPS) is 15.3. The van der Waals surface area contributed by atoms with Crippen LogP contribution in [-0.4, -0.2) is 29.0 Å². The van der Waals surface area contributed by atoms with Crippen LogP contribution in [0.4, 0.5) is 0 Å². The predicted molar refractivity (Wildman–Crippen MR) is 83.8 cm³/mol. The topological polar surface area (TPSA) is 65.4 Å². The SMILES string of the molecule is O=C(NCCn1ncc2c1CCCC2)c1ccc2c(c1)OCO2. The van der Waals surface area contributed by atoms with Crippen LogP contribution >= 0.6 is 0 Å². The van der Waals surface area contributed by atoms with Crippen molar-refractivity contribution in [3.63, 3.8) is 0 Å². The Hall–Kier alpha value is -2.50.